The van der Waals surface area contributed by atoms with Gasteiger partial charge in [0.2, 0.25) is 0 Å². The molecule has 182 valence electrons. The van der Waals surface area contributed by atoms with Crippen molar-refractivity contribution in [3.05, 3.63) is 108 Å². The predicted octanol–water partition coefficient (Wildman–Crippen LogP) is 5.08. The zero-order valence-corrected chi connectivity index (χ0v) is 20.8. The lowest BCUT2D eigenvalue weighted by Crippen LogP contribution is -2.14. The van der Waals surface area contributed by atoms with Crippen LogP contribution in [0.5, 0.6) is 0 Å². The fourth-order valence-electron chi connectivity index (χ4n) is 4.00. The number of fused-ring (bicyclic) bond motifs is 2. The Morgan fingerprint density at radius 3 is 2.41 bits per heavy atom. The molecule has 0 aliphatic heterocycles. The second-order valence-electron chi connectivity index (χ2n) is 8.24. The Balaban J connectivity index is 1.55. The Kier molecular flexibility index (Phi) is 6.30. The number of methoxy groups -OCH3 is 1. The number of nitrogens with one attached hydrogen (secondary N) is 1. The Hall–Kier alpha value is -4.74. The van der Waals surface area contributed by atoms with E-state index in [2.05, 4.69) is 26.5 Å². The van der Waals surface area contributed by atoms with E-state index in [1.807, 2.05) is 37.3 Å². The molecule has 5 aromatic rings. The topological polar surface area (TPSA) is 98.2 Å². The van der Waals surface area contributed by atoms with Crippen LogP contribution < -0.4 is 4.72 Å². The van der Waals surface area contributed by atoms with Gasteiger partial charge in [-0.25, -0.2) is 18.2 Å². The molecule has 0 aliphatic rings. The van der Waals surface area contributed by atoms with Gasteiger partial charge >= 0.3 is 5.97 Å². The Morgan fingerprint density at radius 2 is 1.59 bits per heavy atom. The van der Waals surface area contributed by atoms with Gasteiger partial charge in [-0.1, -0.05) is 66.4 Å². The summed E-state index contributed by atoms with van der Waals surface area (Å²) in [5, 5.41) is 2.09. The van der Waals surface area contributed by atoms with Gasteiger partial charge in [-0.15, -0.1) is 0 Å². The lowest BCUT2D eigenvalue weighted by atomic mass is 10.0. The smallest absolute Gasteiger partial charge is 0.357 e. The molecule has 37 heavy (non-hydrogen) atoms. The third kappa shape index (κ3) is 4.73. The van der Waals surface area contributed by atoms with Gasteiger partial charge in [0, 0.05) is 33.6 Å². The summed E-state index contributed by atoms with van der Waals surface area (Å²) in [7, 11) is -2.65. The molecule has 0 saturated carbocycles. The molecule has 0 bridgehead atoms. The van der Waals surface area contributed by atoms with Crippen LogP contribution in [0.25, 0.3) is 21.7 Å². The molecule has 0 atom stereocenters. The maximum Gasteiger partial charge on any atom is 0.357 e. The number of para-hydroxylation sites is 2. The van der Waals surface area contributed by atoms with Crippen molar-refractivity contribution in [2.24, 2.45) is 0 Å². The monoisotopic (exact) mass is 507 g/mol. The molecule has 2 heterocycles. The summed E-state index contributed by atoms with van der Waals surface area (Å²) in [6, 6.07) is 22.9. The van der Waals surface area contributed by atoms with E-state index in [0.29, 0.717) is 27.7 Å². The molecular formula is C29H21N3O4S. The molecule has 0 aliphatic carbocycles. The van der Waals surface area contributed by atoms with Crippen LogP contribution in [0.2, 0.25) is 0 Å². The first-order valence-corrected chi connectivity index (χ1v) is 12.8. The van der Waals surface area contributed by atoms with Gasteiger partial charge in [0.05, 0.1) is 23.9 Å². The van der Waals surface area contributed by atoms with E-state index in [0.717, 1.165) is 16.5 Å². The van der Waals surface area contributed by atoms with Gasteiger partial charge in [-0.2, -0.15) is 0 Å². The van der Waals surface area contributed by atoms with Crippen LogP contribution in [0, 0.1) is 18.8 Å². The Labute approximate surface area is 214 Å². The van der Waals surface area contributed by atoms with Gasteiger partial charge in [-0.05, 0) is 31.2 Å². The quantitative estimate of drug-likeness (QED) is 0.269. The number of carbonyl (C=O) groups is 1. The molecule has 5 rings (SSSR count). The average molecular weight is 508 g/mol. The van der Waals surface area contributed by atoms with Crippen LogP contribution in [0.3, 0.4) is 0 Å². The molecule has 0 radical (unpaired) electrons. The van der Waals surface area contributed by atoms with E-state index in [1.165, 1.54) is 19.4 Å². The summed E-state index contributed by atoms with van der Waals surface area (Å²) in [6.45, 7) is 1.82. The van der Waals surface area contributed by atoms with Gasteiger partial charge in [0.25, 0.3) is 10.0 Å². The van der Waals surface area contributed by atoms with E-state index in [-0.39, 0.29) is 10.6 Å². The van der Waals surface area contributed by atoms with Crippen LogP contribution in [0.15, 0.2) is 90.0 Å². The minimum absolute atomic E-state index is 0.0880. The molecule has 3 aromatic carbocycles. The van der Waals surface area contributed by atoms with Crippen molar-refractivity contribution < 1.29 is 17.9 Å². The van der Waals surface area contributed by atoms with Gasteiger partial charge < -0.3 is 4.74 Å². The minimum atomic E-state index is -3.96. The van der Waals surface area contributed by atoms with E-state index in [1.54, 1.807) is 42.5 Å². The zero-order chi connectivity index (χ0) is 26.0. The summed E-state index contributed by atoms with van der Waals surface area (Å²) in [6.07, 6.45) is 1.51. The van der Waals surface area contributed by atoms with Crippen molar-refractivity contribution in [2.75, 3.05) is 11.8 Å². The fourth-order valence-corrected chi connectivity index (χ4v) is 5.25. The molecule has 0 unspecified atom stereocenters. The number of hydrogen-bond donors (Lipinski definition) is 1. The van der Waals surface area contributed by atoms with Crippen molar-refractivity contribution in [2.45, 2.75) is 11.8 Å². The van der Waals surface area contributed by atoms with Crippen molar-refractivity contribution in [1.29, 1.82) is 0 Å². The van der Waals surface area contributed by atoms with E-state index >= 15 is 0 Å². The van der Waals surface area contributed by atoms with Crippen LogP contribution in [-0.4, -0.2) is 31.5 Å². The number of benzene rings is 3. The lowest BCUT2D eigenvalue weighted by molar-refractivity contribution is 0.0596. The van der Waals surface area contributed by atoms with Gasteiger partial charge in [0.1, 0.15) is 4.90 Å². The Bertz CT molecular complexity index is 1850. The van der Waals surface area contributed by atoms with Crippen LogP contribution in [0.1, 0.15) is 27.3 Å². The van der Waals surface area contributed by atoms with Crippen molar-refractivity contribution in [3.8, 4) is 11.8 Å². The maximum absolute atomic E-state index is 13.4. The third-order valence-electron chi connectivity index (χ3n) is 5.79. The van der Waals surface area contributed by atoms with Crippen LogP contribution >= 0.6 is 0 Å². The number of rotatable bonds is 4. The standard InChI is InChI=1S/C29H21N3O4S/c1-19-14-15-21-9-7-13-26(27(21)31-19)37(34,35)32-25-12-6-3-8-20(25)16-17-22-18-30-28(29(33)36-2)24-11-5-4-10-23(22)24/h3-15,18,32H,1-2H3. The van der Waals surface area contributed by atoms with E-state index in [4.69, 9.17) is 4.74 Å². The number of carbonyl (C=O) groups excluding carboxylic acids is 1. The summed E-state index contributed by atoms with van der Waals surface area (Å²) in [5.74, 6) is 5.60. The van der Waals surface area contributed by atoms with Crippen LogP contribution in [0.4, 0.5) is 5.69 Å². The number of aromatic nitrogens is 2. The molecule has 0 amide bonds. The highest BCUT2D eigenvalue weighted by Gasteiger charge is 2.20. The maximum atomic E-state index is 13.4. The molecule has 0 spiro atoms. The average Bonchev–Trinajstić information content (AvgIpc) is 2.91. The lowest BCUT2D eigenvalue weighted by Gasteiger charge is -2.12. The normalized spacial score (nSPS) is 11.1. The highest BCUT2D eigenvalue weighted by atomic mass is 32.2. The number of nitrogens with zero attached hydrogens (tertiary/aromatic N) is 2. The molecule has 0 saturated heterocycles. The molecule has 8 heteroatoms. The van der Waals surface area contributed by atoms with Crippen molar-refractivity contribution >= 4 is 43.4 Å². The first-order valence-electron chi connectivity index (χ1n) is 11.3. The van der Waals surface area contributed by atoms with E-state index in [9.17, 15) is 13.2 Å². The molecule has 2 aromatic heterocycles. The Morgan fingerprint density at radius 1 is 0.865 bits per heavy atom. The highest BCUT2D eigenvalue weighted by molar-refractivity contribution is 7.93. The number of aryl methyl sites for hydroxylation is 1. The number of ether oxygens (including phenoxy) is 1. The summed E-state index contributed by atoms with van der Waals surface area (Å²) >= 11 is 0. The molecule has 1 N–H and O–H groups in total. The zero-order valence-electron chi connectivity index (χ0n) is 20.0. The minimum Gasteiger partial charge on any atom is -0.464 e. The fraction of sp³-hybridized carbons (Fsp3) is 0.0690. The van der Waals surface area contributed by atoms with Crippen molar-refractivity contribution in [1.82, 2.24) is 9.97 Å². The first kappa shape index (κ1) is 24.0. The second kappa shape index (κ2) is 9.72. The number of anilines is 1. The number of hydrogen-bond acceptors (Lipinski definition) is 6. The predicted molar refractivity (Wildman–Crippen MR) is 143 cm³/mol. The van der Waals surface area contributed by atoms with Gasteiger partial charge in [0.15, 0.2) is 5.69 Å². The molecule has 7 nitrogen and oxygen atoms in total. The van der Waals surface area contributed by atoms with E-state index < -0.39 is 16.0 Å². The number of esters is 1. The summed E-state index contributed by atoms with van der Waals surface area (Å²) < 4.78 is 34.3. The molecular weight excluding hydrogens is 486 g/mol. The molecule has 0 fully saturated rings. The summed E-state index contributed by atoms with van der Waals surface area (Å²) in [5.41, 5.74) is 2.74. The highest BCUT2D eigenvalue weighted by Crippen LogP contribution is 2.26. The number of pyridine rings is 2. The van der Waals surface area contributed by atoms with Gasteiger partial charge in [-0.3, -0.25) is 9.71 Å². The van der Waals surface area contributed by atoms with Crippen molar-refractivity contribution in [3.63, 3.8) is 0 Å². The third-order valence-corrected chi connectivity index (χ3v) is 7.19. The largest absolute Gasteiger partial charge is 0.464 e. The second-order valence-corrected chi connectivity index (χ2v) is 9.89. The SMILES string of the molecule is COC(=O)c1ncc(C#Cc2ccccc2NS(=O)(=O)c2cccc3ccc(C)nc23)c2ccccc12. The van der Waals surface area contributed by atoms with Crippen LogP contribution in [-0.2, 0) is 14.8 Å². The summed E-state index contributed by atoms with van der Waals surface area (Å²) in [4.78, 5) is 20.9. The number of sulfonamides is 1. The first-order chi connectivity index (χ1) is 17.9.